The highest BCUT2D eigenvalue weighted by Gasteiger charge is 2.26. The Labute approximate surface area is 186 Å². The van der Waals surface area contributed by atoms with Crippen LogP contribution in [0.15, 0.2) is 83.8 Å². The fraction of sp³-hybridized carbons (Fsp3) is 0.136. The lowest BCUT2D eigenvalue weighted by Crippen LogP contribution is -2.39. The average molecular weight is 463 g/mol. The SMILES string of the molecule is O=C(CN(CCc1ccccc1)S(=O)(=O)c1ccc(Cl)cc1)Nc1ccc(Cl)cc1. The number of nitrogens with zero attached hydrogens (tertiary/aromatic N) is 1. The van der Waals surface area contributed by atoms with E-state index >= 15 is 0 Å². The highest BCUT2D eigenvalue weighted by atomic mass is 35.5. The summed E-state index contributed by atoms with van der Waals surface area (Å²) in [5.41, 5.74) is 1.52. The van der Waals surface area contributed by atoms with E-state index in [9.17, 15) is 13.2 Å². The molecule has 0 fully saturated rings. The number of hydrogen-bond donors (Lipinski definition) is 1. The molecule has 0 radical (unpaired) electrons. The molecule has 0 bridgehead atoms. The van der Waals surface area contributed by atoms with E-state index in [-0.39, 0.29) is 18.0 Å². The minimum Gasteiger partial charge on any atom is -0.325 e. The van der Waals surface area contributed by atoms with Gasteiger partial charge in [-0.3, -0.25) is 4.79 Å². The summed E-state index contributed by atoms with van der Waals surface area (Å²) in [6.07, 6.45) is 0.474. The average Bonchev–Trinajstić information content (AvgIpc) is 2.73. The van der Waals surface area contributed by atoms with Crippen LogP contribution in [0.1, 0.15) is 5.56 Å². The Hall–Kier alpha value is -2.38. The summed E-state index contributed by atoms with van der Waals surface area (Å²) in [6.45, 7) is -0.163. The normalized spacial score (nSPS) is 11.4. The van der Waals surface area contributed by atoms with E-state index in [0.29, 0.717) is 22.2 Å². The molecule has 3 aromatic rings. The molecule has 0 aliphatic carbocycles. The molecular formula is C22H20Cl2N2O3S. The lowest BCUT2D eigenvalue weighted by Gasteiger charge is -2.22. The molecule has 3 aromatic carbocycles. The third-order valence-electron chi connectivity index (χ3n) is 4.39. The first kappa shape index (κ1) is 22.3. The van der Waals surface area contributed by atoms with Crippen molar-refractivity contribution in [3.05, 3.63) is 94.5 Å². The van der Waals surface area contributed by atoms with Gasteiger partial charge >= 0.3 is 0 Å². The summed E-state index contributed by atoms with van der Waals surface area (Å²) in [7, 11) is -3.89. The zero-order valence-corrected chi connectivity index (χ0v) is 18.3. The second-order valence-corrected chi connectivity index (χ2v) is 9.39. The van der Waals surface area contributed by atoms with Crippen molar-refractivity contribution in [1.29, 1.82) is 0 Å². The van der Waals surface area contributed by atoms with E-state index in [1.54, 1.807) is 24.3 Å². The molecule has 3 rings (SSSR count). The summed E-state index contributed by atoms with van der Waals surface area (Å²) in [6, 6.07) is 22.0. The predicted octanol–water partition coefficient (Wildman–Crippen LogP) is 4.87. The fourth-order valence-electron chi connectivity index (χ4n) is 2.83. The van der Waals surface area contributed by atoms with Gasteiger partial charge in [0.1, 0.15) is 0 Å². The summed E-state index contributed by atoms with van der Waals surface area (Å²) in [5.74, 6) is -0.442. The summed E-state index contributed by atoms with van der Waals surface area (Å²) in [5, 5.41) is 3.69. The summed E-state index contributed by atoms with van der Waals surface area (Å²) >= 11 is 11.7. The fourth-order valence-corrected chi connectivity index (χ4v) is 4.48. The van der Waals surface area contributed by atoms with Crippen LogP contribution in [0.25, 0.3) is 0 Å². The number of carbonyl (C=O) groups is 1. The predicted molar refractivity (Wildman–Crippen MR) is 120 cm³/mol. The Balaban J connectivity index is 1.79. The van der Waals surface area contributed by atoms with Gasteiger partial charge in [0.25, 0.3) is 0 Å². The molecule has 0 saturated carbocycles. The third kappa shape index (κ3) is 6.06. The van der Waals surface area contributed by atoms with Crippen molar-refractivity contribution in [1.82, 2.24) is 4.31 Å². The van der Waals surface area contributed by atoms with Crippen LogP contribution in [0.5, 0.6) is 0 Å². The summed E-state index contributed by atoms with van der Waals surface area (Å²) in [4.78, 5) is 12.7. The number of sulfonamides is 1. The van der Waals surface area contributed by atoms with E-state index in [4.69, 9.17) is 23.2 Å². The van der Waals surface area contributed by atoms with E-state index < -0.39 is 15.9 Å². The van der Waals surface area contributed by atoms with Crippen molar-refractivity contribution >= 4 is 44.8 Å². The molecule has 0 unspecified atom stereocenters. The first-order valence-corrected chi connectivity index (χ1v) is 11.4. The van der Waals surface area contributed by atoms with Crippen LogP contribution in [-0.4, -0.2) is 31.7 Å². The molecule has 0 spiro atoms. The van der Waals surface area contributed by atoms with Gasteiger partial charge in [-0.25, -0.2) is 8.42 Å². The third-order valence-corrected chi connectivity index (χ3v) is 6.76. The number of carbonyl (C=O) groups excluding carboxylic acids is 1. The summed E-state index contributed by atoms with van der Waals surface area (Å²) < 4.78 is 27.5. The first-order chi connectivity index (χ1) is 14.3. The molecule has 0 saturated heterocycles. The van der Waals surface area contributed by atoms with E-state index in [0.717, 1.165) is 5.56 Å². The molecule has 0 aliphatic rings. The maximum absolute atomic E-state index is 13.2. The lowest BCUT2D eigenvalue weighted by molar-refractivity contribution is -0.116. The van der Waals surface area contributed by atoms with E-state index in [1.807, 2.05) is 30.3 Å². The smallest absolute Gasteiger partial charge is 0.243 e. The molecule has 0 aromatic heterocycles. The van der Waals surface area contributed by atoms with Gasteiger partial charge in [-0.1, -0.05) is 53.5 Å². The van der Waals surface area contributed by atoms with Crippen molar-refractivity contribution in [2.45, 2.75) is 11.3 Å². The van der Waals surface area contributed by atoms with E-state index in [1.165, 1.54) is 28.6 Å². The van der Waals surface area contributed by atoms with Crippen molar-refractivity contribution in [2.75, 3.05) is 18.4 Å². The second kappa shape index (κ2) is 10.1. The van der Waals surface area contributed by atoms with Crippen LogP contribution in [0.3, 0.4) is 0 Å². The van der Waals surface area contributed by atoms with Crippen molar-refractivity contribution < 1.29 is 13.2 Å². The zero-order valence-electron chi connectivity index (χ0n) is 16.0. The highest BCUT2D eigenvalue weighted by Crippen LogP contribution is 2.20. The molecule has 5 nitrogen and oxygen atoms in total. The lowest BCUT2D eigenvalue weighted by atomic mass is 10.1. The molecule has 1 amide bonds. The van der Waals surface area contributed by atoms with Crippen LogP contribution in [-0.2, 0) is 21.2 Å². The van der Waals surface area contributed by atoms with Gasteiger partial charge in [0.15, 0.2) is 0 Å². The van der Waals surface area contributed by atoms with Gasteiger partial charge in [-0.15, -0.1) is 0 Å². The molecule has 8 heteroatoms. The molecule has 30 heavy (non-hydrogen) atoms. The van der Waals surface area contributed by atoms with E-state index in [2.05, 4.69) is 5.32 Å². The van der Waals surface area contributed by atoms with Gasteiger partial charge in [0.05, 0.1) is 11.4 Å². The number of anilines is 1. The maximum atomic E-state index is 13.2. The number of benzene rings is 3. The minimum absolute atomic E-state index is 0.0826. The number of rotatable bonds is 8. The maximum Gasteiger partial charge on any atom is 0.243 e. The first-order valence-electron chi connectivity index (χ1n) is 9.20. The second-order valence-electron chi connectivity index (χ2n) is 6.58. The Morgan fingerprint density at radius 1 is 0.833 bits per heavy atom. The number of amides is 1. The molecule has 1 N–H and O–H groups in total. The topological polar surface area (TPSA) is 66.5 Å². The van der Waals surface area contributed by atoms with Gasteiger partial charge in [0, 0.05) is 22.3 Å². The van der Waals surface area contributed by atoms with Crippen molar-refractivity contribution in [3.63, 3.8) is 0 Å². The Kier molecular flexibility index (Phi) is 7.50. The van der Waals surface area contributed by atoms with Gasteiger partial charge in [-0.2, -0.15) is 4.31 Å². The van der Waals surface area contributed by atoms with Crippen LogP contribution < -0.4 is 5.32 Å². The Morgan fingerprint density at radius 2 is 1.40 bits per heavy atom. The molecular weight excluding hydrogens is 443 g/mol. The molecule has 156 valence electrons. The van der Waals surface area contributed by atoms with Gasteiger partial charge in [0.2, 0.25) is 15.9 Å². The molecule has 0 atom stereocenters. The quantitative estimate of drug-likeness (QED) is 0.519. The standard InChI is InChI=1S/C22H20Cl2N2O3S/c23-18-6-10-20(11-7-18)25-22(27)16-26(15-14-17-4-2-1-3-5-17)30(28,29)21-12-8-19(24)9-13-21/h1-13H,14-16H2,(H,25,27). The Morgan fingerprint density at radius 3 is 2.00 bits per heavy atom. The van der Waals surface area contributed by atoms with Gasteiger partial charge < -0.3 is 5.32 Å². The van der Waals surface area contributed by atoms with Crippen LogP contribution in [0.2, 0.25) is 10.0 Å². The van der Waals surface area contributed by atoms with Crippen molar-refractivity contribution in [2.24, 2.45) is 0 Å². The largest absolute Gasteiger partial charge is 0.325 e. The molecule has 0 heterocycles. The highest BCUT2D eigenvalue weighted by molar-refractivity contribution is 7.89. The minimum atomic E-state index is -3.89. The Bertz CT molecular complexity index is 1090. The number of nitrogens with one attached hydrogen (secondary N) is 1. The number of hydrogen-bond acceptors (Lipinski definition) is 3. The zero-order chi connectivity index (χ0) is 21.6. The molecule has 0 aliphatic heterocycles. The van der Waals surface area contributed by atoms with Crippen LogP contribution in [0, 0.1) is 0 Å². The van der Waals surface area contributed by atoms with Gasteiger partial charge in [-0.05, 0) is 60.5 Å². The van der Waals surface area contributed by atoms with Crippen LogP contribution in [0.4, 0.5) is 5.69 Å². The van der Waals surface area contributed by atoms with Crippen molar-refractivity contribution in [3.8, 4) is 0 Å². The monoisotopic (exact) mass is 462 g/mol. The van der Waals surface area contributed by atoms with Crippen LogP contribution >= 0.6 is 23.2 Å². The number of halogens is 2.